The number of ketones is 1. The quantitative estimate of drug-likeness (QED) is 0.504. The molecular formula is C28H35NO. The van der Waals surface area contributed by atoms with Gasteiger partial charge in [0.15, 0.2) is 0 Å². The van der Waals surface area contributed by atoms with Gasteiger partial charge in [0.1, 0.15) is 5.78 Å². The topological polar surface area (TPSA) is 29.4 Å². The minimum atomic E-state index is 0.432. The number of nitrogens with zero attached hydrogens (tertiary/aromatic N) is 1. The zero-order chi connectivity index (χ0) is 20.9. The van der Waals surface area contributed by atoms with Crippen LogP contribution in [0.15, 0.2) is 58.8 Å². The van der Waals surface area contributed by atoms with Crippen LogP contribution in [-0.2, 0) is 11.2 Å². The normalized spacial score (nSPS) is 23.7. The Balaban J connectivity index is 1.36. The number of aryl methyl sites for hydroxylation is 2. The highest BCUT2D eigenvalue weighted by atomic mass is 16.1. The van der Waals surface area contributed by atoms with Gasteiger partial charge in [-0.15, -0.1) is 0 Å². The SMILES string of the molecule is Cc1cccc(CCC(=O)C[C@@H]2CCCC(C3=NC=CCC4=C3C=CCC4)C2)c1C. The molecule has 4 rings (SSSR count). The van der Waals surface area contributed by atoms with Crippen molar-refractivity contribution in [1.82, 2.24) is 0 Å². The van der Waals surface area contributed by atoms with Crippen LogP contribution in [0.1, 0.15) is 74.5 Å². The van der Waals surface area contributed by atoms with Crippen LogP contribution in [0.4, 0.5) is 0 Å². The second-order valence-electron chi connectivity index (χ2n) is 9.39. The lowest BCUT2D eigenvalue weighted by Crippen LogP contribution is -2.26. The first kappa shape index (κ1) is 21.0. The Hall–Kier alpha value is -2.22. The molecule has 2 nitrogen and oxygen atoms in total. The minimum Gasteiger partial charge on any atom is -0.300 e. The Bertz CT molecular complexity index is 915. The minimum absolute atomic E-state index is 0.432. The second kappa shape index (κ2) is 9.73. The molecule has 1 saturated carbocycles. The zero-order valence-corrected chi connectivity index (χ0v) is 18.6. The number of Topliss-reactive ketones (excluding diaryl/α,β-unsaturated/α-hetero) is 1. The third kappa shape index (κ3) is 4.91. The lowest BCUT2D eigenvalue weighted by molar-refractivity contribution is -0.120. The Morgan fingerprint density at radius 3 is 2.97 bits per heavy atom. The third-order valence-corrected chi connectivity index (χ3v) is 7.31. The van der Waals surface area contributed by atoms with Crippen LogP contribution in [0.2, 0.25) is 0 Å². The van der Waals surface area contributed by atoms with Crippen LogP contribution in [0.25, 0.3) is 0 Å². The van der Waals surface area contributed by atoms with Crippen LogP contribution < -0.4 is 0 Å². The van der Waals surface area contributed by atoms with E-state index in [-0.39, 0.29) is 0 Å². The van der Waals surface area contributed by atoms with Gasteiger partial charge in [-0.1, -0.05) is 48.4 Å². The van der Waals surface area contributed by atoms with Gasteiger partial charge in [0.25, 0.3) is 0 Å². The number of carbonyl (C=O) groups excluding carboxylic acids is 1. The van der Waals surface area contributed by atoms with E-state index in [0.29, 0.717) is 24.0 Å². The molecule has 0 N–H and O–H groups in total. The van der Waals surface area contributed by atoms with Crippen LogP contribution >= 0.6 is 0 Å². The van der Waals surface area contributed by atoms with Gasteiger partial charge in [0, 0.05) is 25.0 Å². The molecule has 0 amide bonds. The van der Waals surface area contributed by atoms with E-state index in [0.717, 1.165) is 32.1 Å². The molecule has 158 valence electrons. The maximum Gasteiger partial charge on any atom is 0.133 e. The summed E-state index contributed by atoms with van der Waals surface area (Å²) in [5.74, 6) is 1.45. The van der Waals surface area contributed by atoms with Crippen molar-refractivity contribution in [2.75, 3.05) is 0 Å². The fourth-order valence-corrected chi connectivity index (χ4v) is 5.42. The molecule has 0 aromatic heterocycles. The highest BCUT2D eigenvalue weighted by Crippen LogP contribution is 2.37. The van der Waals surface area contributed by atoms with E-state index in [1.54, 1.807) is 5.57 Å². The summed E-state index contributed by atoms with van der Waals surface area (Å²) in [5, 5.41) is 0. The van der Waals surface area contributed by atoms with Crippen molar-refractivity contribution in [2.45, 2.75) is 78.1 Å². The van der Waals surface area contributed by atoms with Crippen LogP contribution in [0.3, 0.4) is 0 Å². The van der Waals surface area contributed by atoms with Gasteiger partial charge in [-0.25, -0.2) is 0 Å². The maximum atomic E-state index is 12.8. The molecule has 3 aliphatic rings. The average Bonchev–Trinajstić information content (AvgIpc) is 2.97. The van der Waals surface area contributed by atoms with Gasteiger partial charge in [0.2, 0.25) is 0 Å². The van der Waals surface area contributed by atoms with Crippen molar-refractivity contribution in [1.29, 1.82) is 0 Å². The van der Waals surface area contributed by atoms with E-state index < -0.39 is 0 Å². The first-order chi connectivity index (χ1) is 14.6. The lowest BCUT2D eigenvalue weighted by atomic mass is 9.74. The summed E-state index contributed by atoms with van der Waals surface area (Å²) in [7, 11) is 0. The number of aliphatic imine (C=N–C) groups is 1. The molecule has 0 spiro atoms. The largest absolute Gasteiger partial charge is 0.300 e. The van der Waals surface area contributed by atoms with Crippen molar-refractivity contribution >= 4 is 11.5 Å². The monoisotopic (exact) mass is 401 g/mol. The number of rotatable bonds is 6. The summed E-state index contributed by atoms with van der Waals surface area (Å²) in [5.41, 5.74) is 8.23. The third-order valence-electron chi connectivity index (χ3n) is 7.31. The van der Waals surface area contributed by atoms with Gasteiger partial charge in [-0.3, -0.25) is 9.79 Å². The molecule has 2 atom stereocenters. The fraction of sp³-hybridized carbons (Fsp3) is 0.500. The van der Waals surface area contributed by atoms with Crippen LogP contribution in [0.5, 0.6) is 0 Å². The Kier molecular flexibility index (Phi) is 6.82. The van der Waals surface area contributed by atoms with E-state index in [2.05, 4.69) is 50.3 Å². The van der Waals surface area contributed by atoms with Gasteiger partial charge in [-0.2, -0.15) is 0 Å². The van der Waals surface area contributed by atoms with E-state index in [9.17, 15) is 4.79 Å². The summed E-state index contributed by atoms with van der Waals surface area (Å²) < 4.78 is 0. The average molecular weight is 402 g/mol. The lowest BCUT2D eigenvalue weighted by Gasteiger charge is -2.31. The Morgan fingerprint density at radius 2 is 2.07 bits per heavy atom. The highest BCUT2D eigenvalue weighted by Gasteiger charge is 2.29. The van der Waals surface area contributed by atoms with Crippen molar-refractivity contribution in [3.05, 3.63) is 70.5 Å². The maximum absolute atomic E-state index is 12.8. The second-order valence-corrected chi connectivity index (χ2v) is 9.39. The van der Waals surface area contributed by atoms with E-state index >= 15 is 0 Å². The molecule has 0 radical (unpaired) electrons. The van der Waals surface area contributed by atoms with Crippen molar-refractivity contribution in [3.8, 4) is 0 Å². The molecule has 1 fully saturated rings. The molecular weight excluding hydrogens is 366 g/mol. The molecule has 2 heteroatoms. The first-order valence-electron chi connectivity index (χ1n) is 11.8. The predicted octanol–water partition coefficient (Wildman–Crippen LogP) is 7.01. The van der Waals surface area contributed by atoms with Crippen LogP contribution in [-0.4, -0.2) is 11.5 Å². The van der Waals surface area contributed by atoms with E-state index in [1.165, 1.54) is 53.7 Å². The molecule has 2 aliphatic carbocycles. The summed E-state index contributed by atoms with van der Waals surface area (Å²) in [6, 6.07) is 6.43. The predicted molar refractivity (Wildman–Crippen MR) is 126 cm³/mol. The van der Waals surface area contributed by atoms with Crippen LogP contribution in [0, 0.1) is 25.7 Å². The first-order valence-corrected chi connectivity index (χ1v) is 11.8. The zero-order valence-electron chi connectivity index (χ0n) is 18.6. The highest BCUT2D eigenvalue weighted by molar-refractivity contribution is 6.05. The molecule has 0 saturated heterocycles. The van der Waals surface area contributed by atoms with Crippen molar-refractivity contribution in [3.63, 3.8) is 0 Å². The summed E-state index contributed by atoms with van der Waals surface area (Å²) in [6.45, 7) is 4.32. The van der Waals surface area contributed by atoms with Crippen molar-refractivity contribution in [2.24, 2.45) is 16.8 Å². The van der Waals surface area contributed by atoms with Crippen molar-refractivity contribution < 1.29 is 4.79 Å². The molecule has 1 heterocycles. The van der Waals surface area contributed by atoms with E-state index in [4.69, 9.17) is 4.99 Å². The van der Waals surface area contributed by atoms with Gasteiger partial charge >= 0.3 is 0 Å². The van der Waals surface area contributed by atoms with Gasteiger partial charge < -0.3 is 0 Å². The number of hydrogen-bond acceptors (Lipinski definition) is 2. The number of carbonyl (C=O) groups is 1. The Labute approximate surface area is 181 Å². The molecule has 1 unspecified atom stereocenters. The number of benzene rings is 1. The fourth-order valence-electron chi connectivity index (χ4n) is 5.42. The molecule has 0 bridgehead atoms. The summed E-state index contributed by atoms with van der Waals surface area (Å²) in [4.78, 5) is 17.7. The van der Waals surface area contributed by atoms with Gasteiger partial charge in [-0.05, 0) is 87.0 Å². The van der Waals surface area contributed by atoms with Gasteiger partial charge in [0.05, 0.1) is 5.71 Å². The molecule has 30 heavy (non-hydrogen) atoms. The Morgan fingerprint density at radius 1 is 1.17 bits per heavy atom. The number of allylic oxidation sites excluding steroid dienone is 5. The molecule has 1 aliphatic heterocycles. The number of hydrogen-bond donors (Lipinski definition) is 0. The van der Waals surface area contributed by atoms with E-state index in [1.807, 2.05) is 6.20 Å². The smallest absolute Gasteiger partial charge is 0.133 e. The summed E-state index contributed by atoms with van der Waals surface area (Å²) >= 11 is 0. The molecule has 1 aromatic carbocycles. The molecule has 1 aromatic rings. The summed E-state index contributed by atoms with van der Waals surface area (Å²) in [6.07, 6.45) is 19.2. The standard InChI is InChI=1S/C28H35NO/c1-20-8-5-11-23(21(20)2)15-16-26(30)19-22-9-6-12-25(18-22)28-27-14-4-3-10-24(27)13-7-17-29-28/h4-5,7-8,11,14,17,22,25H,3,6,9-10,12-13,15-16,18-19H2,1-2H3/t22-,25?/m1/s1.